The summed E-state index contributed by atoms with van der Waals surface area (Å²) in [7, 11) is 0. The number of thiol groups is 1. The van der Waals surface area contributed by atoms with Crippen LogP contribution in [0, 0.1) is 0 Å². The molecule has 2 aromatic carbocycles. The number of carbonyl (C=O) groups excluding carboxylic acids is 1. The molecule has 0 aliphatic rings. The van der Waals surface area contributed by atoms with E-state index in [0.717, 1.165) is 22.9 Å². The standard InChI is InChI=1S/C18H19NO4S.C3H8S/c20-17(21)12-19-18(22)15-10-13-6-2-3-7-14(13)11-16(15)23-8-4-1-5-9-24;1-3-4-2/h1-4,6-7,10-11,24H,5,8-9,12H2,(H,19,22)(H,20,21);3H2,1-2H3/b4-1+;. The van der Waals surface area contributed by atoms with Gasteiger partial charge >= 0.3 is 5.97 Å². The molecule has 28 heavy (non-hydrogen) atoms. The SMILES string of the molecule is CCSC.O=C(O)CNC(=O)c1cc2ccccc2cc1OC/C=C/CCS. The van der Waals surface area contributed by atoms with E-state index in [4.69, 9.17) is 9.84 Å². The molecule has 0 spiro atoms. The van der Waals surface area contributed by atoms with E-state index in [1.165, 1.54) is 5.75 Å². The monoisotopic (exact) mass is 421 g/mol. The molecule has 1 amide bonds. The molecule has 0 aromatic heterocycles. The Morgan fingerprint density at radius 3 is 2.43 bits per heavy atom. The number of carbonyl (C=O) groups is 2. The van der Waals surface area contributed by atoms with E-state index in [1.807, 2.05) is 48.2 Å². The van der Waals surface area contributed by atoms with Crippen molar-refractivity contribution in [2.24, 2.45) is 0 Å². The van der Waals surface area contributed by atoms with Crippen LogP contribution in [0.5, 0.6) is 5.75 Å². The van der Waals surface area contributed by atoms with Crippen molar-refractivity contribution in [3.05, 3.63) is 54.1 Å². The van der Waals surface area contributed by atoms with Crippen molar-refractivity contribution in [2.75, 3.05) is 30.9 Å². The van der Waals surface area contributed by atoms with Gasteiger partial charge in [0.2, 0.25) is 0 Å². The van der Waals surface area contributed by atoms with Crippen molar-refractivity contribution in [1.82, 2.24) is 5.32 Å². The number of hydrogen-bond donors (Lipinski definition) is 3. The van der Waals surface area contributed by atoms with Crippen molar-refractivity contribution < 1.29 is 19.4 Å². The van der Waals surface area contributed by atoms with E-state index in [0.29, 0.717) is 17.9 Å². The van der Waals surface area contributed by atoms with Gasteiger partial charge in [-0.1, -0.05) is 43.3 Å². The predicted octanol–water partition coefficient (Wildman–Crippen LogP) is 4.28. The first-order valence-corrected chi connectivity index (χ1v) is 11.0. The largest absolute Gasteiger partial charge is 0.489 e. The summed E-state index contributed by atoms with van der Waals surface area (Å²) in [6.45, 7) is 2.03. The molecule has 0 aliphatic carbocycles. The number of thioether (sulfide) groups is 1. The normalized spacial score (nSPS) is 10.4. The molecular formula is C21H27NO4S2. The molecule has 5 nitrogen and oxygen atoms in total. The number of rotatable bonds is 9. The molecule has 2 rings (SSSR count). The van der Waals surface area contributed by atoms with Crippen molar-refractivity contribution in [2.45, 2.75) is 13.3 Å². The number of carboxylic acids is 1. The van der Waals surface area contributed by atoms with Crippen LogP contribution < -0.4 is 10.1 Å². The predicted molar refractivity (Wildman–Crippen MR) is 121 cm³/mol. The van der Waals surface area contributed by atoms with Gasteiger partial charge in [0.05, 0.1) is 5.56 Å². The van der Waals surface area contributed by atoms with Crippen molar-refractivity contribution >= 4 is 47.0 Å². The van der Waals surface area contributed by atoms with Gasteiger partial charge in [0.15, 0.2) is 0 Å². The Bertz CT molecular complexity index is 791. The Morgan fingerprint density at radius 2 is 1.86 bits per heavy atom. The van der Waals surface area contributed by atoms with E-state index in [-0.39, 0.29) is 0 Å². The molecule has 0 radical (unpaired) electrons. The maximum Gasteiger partial charge on any atom is 0.322 e. The van der Waals surface area contributed by atoms with Crippen LogP contribution in [0.2, 0.25) is 0 Å². The number of amides is 1. The van der Waals surface area contributed by atoms with Crippen LogP contribution in [0.1, 0.15) is 23.7 Å². The molecule has 2 N–H and O–H groups in total. The van der Waals surface area contributed by atoms with E-state index in [1.54, 1.807) is 12.1 Å². The number of fused-ring (bicyclic) bond motifs is 1. The third-order valence-electron chi connectivity index (χ3n) is 3.58. The number of carboxylic acid groups (broad SMARTS) is 1. The van der Waals surface area contributed by atoms with Gasteiger partial charge in [-0.05, 0) is 47.1 Å². The maximum absolute atomic E-state index is 12.3. The quantitative estimate of drug-likeness (QED) is 0.416. The number of hydrogen-bond acceptors (Lipinski definition) is 5. The molecule has 0 bridgehead atoms. The van der Waals surface area contributed by atoms with E-state index in [9.17, 15) is 9.59 Å². The molecule has 0 saturated carbocycles. The van der Waals surface area contributed by atoms with Gasteiger partial charge in [-0.15, -0.1) is 0 Å². The third kappa shape index (κ3) is 8.71. The Labute approximate surface area is 176 Å². The Balaban J connectivity index is 0.000000892. The number of aliphatic carboxylic acids is 1. The molecule has 0 heterocycles. The third-order valence-corrected chi connectivity index (χ3v) is 4.41. The lowest BCUT2D eigenvalue weighted by atomic mass is 10.1. The lowest BCUT2D eigenvalue weighted by Gasteiger charge is -2.12. The summed E-state index contributed by atoms with van der Waals surface area (Å²) in [5.74, 6) is 0.848. The Hall–Kier alpha value is -2.12. The van der Waals surface area contributed by atoms with Gasteiger partial charge < -0.3 is 15.2 Å². The van der Waals surface area contributed by atoms with Gasteiger partial charge in [-0.3, -0.25) is 9.59 Å². The molecule has 2 aromatic rings. The van der Waals surface area contributed by atoms with Crippen LogP contribution in [0.3, 0.4) is 0 Å². The highest BCUT2D eigenvalue weighted by atomic mass is 32.2. The number of ether oxygens (including phenoxy) is 1. The van der Waals surface area contributed by atoms with Crippen LogP contribution in [0.4, 0.5) is 0 Å². The summed E-state index contributed by atoms with van der Waals surface area (Å²) in [6, 6.07) is 11.1. The van der Waals surface area contributed by atoms with Crippen LogP contribution in [-0.4, -0.2) is 47.9 Å². The summed E-state index contributed by atoms with van der Waals surface area (Å²) in [5.41, 5.74) is 0.317. The molecule has 0 saturated heterocycles. The number of allylic oxidation sites excluding steroid dienone is 1. The van der Waals surface area contributed by atoms with E-state index in [2.05, 4.69) is 31.1 Å². The van der Waals surface area contributed by atoms with E-state index < -0.39 is 18.4 Å². The summed E-state index contributed by atoms with van der Waals surface area (Å²) in [4.78, 5) is 22.9. The average Bonchev–Trinajstić information content (AvgIpc) is 2.71. The fourth-order valence-corrected chi connectivity index (χ4v) is 2.31. The van der Waals surface area contributed by atoms with Crippen LogP contribution >= 0.6 is 24.4 Å². The molecule has 0 unspecified atom stereocenters. The van der Waals surface area contributed by atoms with Crippen LogP contribution in [-0.2, 0) is 4.79 Å². The molecular weight excluding hydrogens is 394 g/mol. The van der Waals surface area contributed by atoms with Crippen LogP contribution in [0.25, 0.3) is 10.8 Å². The lowest BCUT2D eigenvalue weighted by Crippen LogP contribution is -2.29. The van der Waals surface area contributed by atoms with Gasteiger partial charge in [0.25, 0.3) is 5.91 Å². The fourth-order valence-electron chi connectivity index (χ4n) is 2.17. The first-order chi connectivity index (χ1) is 13.5. The molecule has 152 valence electrons. The first kappa shape index (κ1) is 23.9. The van der Waals surface area contributed by atoms with Crippen molar-refractivity contribution in [3.8, 4) is 5.75 Å². The molecule has 7 heteroatoms. The highest BCUT2D eigenvalue weighted by Crippen LogP contribution is 2.26. The minimum atomic E-state index is -1.10. The lowest BCUT2D eigenvalue weighted by molar-refractivity contribution is -0.135. The highest BCUT2D eigenvalue weighted by molar-refractivity contribution is 7.98. The summed E-state index contributed by atoms with van der Waals surface area (Å²) in [6.07, 6.45) is 6.76. The van der Waals surface area contributed by atoms with Gasteiger partial charge in [0.1, 0.15) is 18.9 Å². The summed E-state index contributed by atoms with van der Waals surface area (Å²) < 4.78 is 5.70. The molecule has 0 aliphatic heterocycles. The Morgan fingerprint density at radius 1 is 1.21 bits per heavy atom. The second-order valence-electron chi connectivity index (χ2n) is 5.64. The zero-order valence-electron chi connectivity index (χ0n) is 16.2. The van der Waals surface area contributed by atoms with E-state index >= 15 is 0 Å². The van der Waals surface area contributed by atoms with Gasteiger partial charge in [-0.25, -0.2) is 0 Å². The minimum absolute atomic E-state index is 0.317. The summed E-state index contributed by atoms with van der Waals surface area (Å²) in [5, 5.41) is 12.9. The zero-order valence-corrected chi connectivity index (χ0v) is 17.9. The fraction of sp³-hybridized carbons (Fsp3) is 0.333. The first-order valence-electron chi connectivity index (χ1n) is 8.93. The van der Waals surface area contributed by atoms with Gasteiger partial charge in [0, 0.05) is 0 Å². The Kier molecular flexibility index (Phi) is 11.9. The summed E-state index contributed by atoms with van der Waals surface area (Å²) >= 11 is 5.98. The van der Waals surface area contributed by atoms with Crippen LogP contribution in [0.15, 0.2) is 48.6 Å². The highest BCUT2D eigenvalue weighted by Gasteiger charge is 2.14. The van der Waals surface area contributed by atoms with Crippen molar-refractivity contribution in [3.63, 3.8) is 0 Å². The number of nitrogens with one attached hydrogen (secondary N) is 1. The number of benzene rings is 2. The topological polar surface area (TPSA) is 75.6 Å². The molecule has 0 fully saturated rings. The average molecular weight is 422 g/mol. The maximum atomic E-state index is 12.3. The second kappa shape index (κ2) is 14.0. The second-order valence-corrected chi connectivity index (χ2v) is 7.25. The van der Waals surface area contributed by atoms with Gasteiger partial charge in [-0.2, -0.15) is 24.4 Å². The minimum Gasteiger partial charge on any atom is -0.489 e. The zero-order chi connectivity index (χ0) is 20.8. The van der Waals surface area contributed by atoms with Crippen molar-refractivity contribution in [1.29, 1.82) is 0 Å². The molecule has 0 atom stereocenters. The smallest absolute Gasteiger partial charge is 0.322 e.